The van der Waals surface area contributed by atoms with Crippen LogP contribution in [0.4, 0.5) is 5.69 Å². The van der Waals surface area contributed by atoms with Crippen LogP contribution in [0.15, 0.2) is 64.5 Å². The molecule has 0 spiro atoms. The van der Waals surface area contributed by atoms with E-state index in [1.54, 1.807) is 0 Å². The van der Waals surface area contributed by atoms with Gasteiger partial charge in [-0.05, 0) is 42.7 Å². The van der Waals surface area contributed by atoms with E-state index in [1.165, 1.54) is 23.4 Å². The van der Waals surface area contributed by atoms with E-state index in [-0.39, 0.29) is 17.9 Å². The van der Waals surface area contributed by atoms with Crippen molar-refractivity contribution in [3.63, 3.8) is 0 Å². The summed E-state index contributed by atoms with van der Waals surface area (Å²) in [5, 5.41) is 3.37. The van der Waals surface area contributed by atoms with Crippen LogP contribution in [0.25, 0.3) is 0 Å². The summed E-state index contributed by atoms with van der Waals surface area (Å²) in [6.45, 7) is 4.02. The van der Waals surface area contributed by atoms with Crippen LogP contribution in [0.5, 0.6) is 0 Å². The molecule has 1 heterocycles. The fraction of sp³-hybridized carbons (Fsp3) is 0.190. The molecule has 0 aliphatic rings. The third-order valence-corrected chi connectivity index (χ3v) is 5.07. The van der Waals surface area contributed by atoms with Gasteiger partial charge in [0.2, 0.25) is 5.91 Å². The molecule has 0 fully saturated rings. The summed E-state index contributed by atoms with van der Waals surface area (Å²) < 4.78 is 0. The van der Waals surface area contributed by atoms with Crippen molar-refractivity contribution in [3.8, 4) is 0 Å². The number of hydrogen-bond donors (Lipinski definition) is 2. The Morgan fingerprint density at radius 2 is 1.85 bits per heavy atom. The number of rotatable bonds is 6. The lowest BCUT2D eigenvalue weighted by Gasteiger charge is -2.08. The minimum atomic E-state index is -0.255. The molecule has 0 bridgehead atoms. The first-order chi connectivity index (χ1) is 13.0. The fourth-order valence-corrected chi connectivity index (χ4v) is 3.41. The van der Waals surface area contributed by atoms with Gasteiger partial charge in [0.25, 0.3) is 5.56 Å². The molecule has 6 heteroatoms. The summed E-state index contributed by atoms with van der Waals surface area (Å²) in [7, 11) is 0. The number of carbonyl (C=O) groups excluding carboxylic acids is 1. The van der Waals surface area contributed by atoms with E-state index in [0.29, 0.717) is 16.6 Å². The summed E-state index contributed by atoms with van der Waals surface area (Å²) in [6, 6.07) is 17.1. The number of anilines is 1. The largest absolute Gasteiger partial charge is 0.326 e. The summed E-state index contributed by atoms with van der Waals surface area (Å²) >= 11 is 1.44. The van der Waals surface area contributed by atoms with Gasteiger partial charge >= 0.3 is 0 Å². The molecule has 1 aromatic heterocycles. The highest BCUT2D eigenvalue weighted by molar-refractivity contribution is 7.98. The number of H-pyrrole nitrogens is 1. The lowest BCUT2D eigenvalue weighted by atomic mass is 10.1. The van der Waals surface area contributed by atoms with Gasteiger partial charge in [0, 0.05) is 17.5 Å². The molecule has 138 valence electrons. The molecule has 0 aliphatic heterocycles. The molecule has 27 heavy (non-hydrogen) atoms. The van der Waals surface area contributed by atoms with Gasteiger partial charge in [-0.25, -0.2) is 4.98 Å². The maximum atomic E-state index is 12.3. The van der Waals surface area contributed by atoms with Crippen molar-refractivity contribution < 1.29 is 4.79 Å². The van der Waals surface area contributed by atoms with Crippen LogP contribution in [0, 0.1) is 13.8 Å². The highest BCUT2D eigenvalue weighted by Gasteiger charge is 2.09. The Labute approximate surface area is 162 Å². The molecule has 1 amide bonds. The van der Waals surface area contributed by atoms with Crippen molar-refractivity contribution in [2.24, 2.45) is 0 Å². The molecule has 2 aromatic carbocycles. The first-order valence-electron chi connectivity index (χ1n) is 8.63. The van der Waals surface area contributed by atoms with E-state index in [4.69, 9.17) is 0 Å². The summed E-state index contributed by atoms with van der Waals surface area (Å²) in [4.78, 5) is 31.3. The number of aryl methyl sites for hydroxylation is 2. The topological polar surface area (TPSA) is 74.8 Å². The van der Waals surface area contributed by atoms with Crippen LogP contribution in [0.1, 0.15) is 22.4 Å². The number of benzene rings is 2. The van der Waals surface area contributed by atoms with E-state index in [0.717, 1.165) is 16.8 Å². The second-order valence-electron chi connectivity index (χ2n) is 6.34. The first kappa shape index (κ1) is 18.9. The van der Waals surface area contributed by atoms with Gasteiger partial charge in [-0.1, -0.05) is 48.2 Å². The van der Waals surface area contributed by atoms with Gasteiger partial charge in [0.1, 0.15) is 0 Å². The summed E-state index contributed by atoms with van der Waals surface area (Å²) in [5.74, 6) is 0.498. The number of thioether (sulfide) groups is 1. The number of aromatic amines is 1. The molecule has 0 aliphatic carbocycles. The molecule has 5 nitrogen and oxygen atoms in total. The predicted molar refractivity (Wildman–Crippen MR) is 109 cm³/mol. The van der Waals surface area contributed by atoms with Crippen molar-refractivity contribution in [1.82, 2.24) is 9.97 Å². The van der Waals surface area contributed by atoms with Crippen LogP contribution < -0.4 is 10.9 Å². The van der Waals surface area contributed by atoms with E-state index in [9.17, 15) is 9.59 Å². The normalized spacial score (nSPS) is 10.6. The van der Waals surface area contributed by atoms with Crippen LogP contribution in [0.2, 0.25) is 0 Å². The van der Waals surface area contributed by atoms with Gasteiger partial charge in [-0.3, -0.25) is 9.59 Å². The van der Waals surface area contributed by atoms with Crippen molar-refractivity contribution in [3.05, 3.63) is 87.3 Å². The lowest BCUT2D eigenvalue weighted by Crippen LogP contribution is -2.18. The molecule has 3 rings (SSSR count). The molecule has 0 saturated heterocycles. The zero-order valence-electron chi connectivity index (χ0n) is 15.3. The van der Waals surface area contributed by atoms with Gasteiger partial charge in [0.05, 0.1) is 12.1 Å². The van der Waals surface area contributed by atoms with E-state index in [1.807, 2.05) is 62.4 Å². The lowest BCUT2D eigenvalue weighted by molar-refractivity contribution is -0.115. The minimum Gasteiger partial charge on any atom is -0.326 e. The van der Waals surface area contributed by atoms with E-state index >= 15 is 0 Å². The Balaban J connectivity index is 1.65. The Bertz CT molecular complexity index is 1000. The van der Waals surface area contributed by atoms with Crippen LogP contribution in [-0.4, -0.2) is 15.9 Å². The first-order valence-corrected chi connectivity index (χ1v) is 9.62. The van der Waals surface area contributed by atoms with Gasteiger partial charge in [-0.15, -0.1) is 0 Å². The number of nitrogens with one attached hydrogen (secondary N) is 2. The third-order valence-electron chi connectivity index (χ3n) is 4.12. The van der Waals surface area contributed by atoms with Crippen LogP contribution in [0.3, 0.4) is 0 Å². The van der Waals surface area contributed by atoms with Crippen molar-refractivity contribution >= 4 is 23.4 Å². The van der Waals surface area contributed by atoms with Gasteiger partial charge in [0.15, 0.2) is 5.16 Å². The highest BCUT2D eigenvalue weighted by Crippen LogP contribution is 2.18. The zero-order valence-corrected chi connectivity index (χ0v) is 16.1. The molecular weight excluding hydrogens is 358 g/mol. The molecule has 0 saturated carbocycles. The molecule has 0 atom stereocenters. The van der Waals surface area contributed by atoms with Crippen LogP contribution in [-0.2, 0) is 17.0 Å². The molecule has 0 radical (unpaired) electrons. The second-order valence-corrected chi connectivity index (χ2v) is 7.30. The monoisotopic (exact) mass is 379 g/mol. The number of hydrogen-bond acceptors (Lipinski definition) is 4. The third kappa shape index (κ3) is 5.56. The Hall–Kier alpha value is -2.86. The quantitative estimate of drug-likeness (QED) is 0.504. The number of nitrogens with zero attached hydrogens (tertiary/aromatic N) is 1. The average molecular weight is 379 g/mol. The number of carbonyl (C=O) groups is 1. The van der Waals surface area contributed by atoms with E-state index in [2.05, 4.69) is 15.3 Å². The average Bonchev–Trinajstić information content (AvgIpc) is 2.63. The number of amides is 1. The maximum Gasteiger partial charge on any atom is 0.251 e. The van der Waals surface area contributed by atoms with Gasteiger partial charge < -0.3 is 10.3 Å². The molecule has 2 N–H and O–H groups in total. The highest BCUT2D eigenvalue weighted by atomic mass is 32.2. The molecule has 3 aromatic rings. The number of aromatic nitrogens is 2. The standard InChI is InChI=1S/C21H21N3O2S/c1-14-8-9-17(10-15(14)2)22-19(25)11-18-12-20(26)24-21(23-18)27-13-16-6-4-3-5-7-16/h3-10,12H,11,13H2,1-2H3,(H,22,25)(H,23,24,26). The van der Waals surface area contributed by atoms with Gasteiger partial charge in [-0.2, -0.15) is 0 Å². The molecular formula is C21H21N3O2S. The zero-order chi connectivity index (χ0) is 19.2. The Morgan fingerprint density at radius 1 is 1.07 bits per heavy atom. The Morgan fingerprint density at radius 3 is 2.59 bits per heavy atom. The Kier molecular flexibility index (Phi) is 6.08. The van der Waals surface area contributed by atoms with E-state index < -0.39 is 0 Å². The molecule has 0 unspecified atom stereocenters. The predicted octanol–water partition coefficient (Wildman–Crippen LogP) is 3.86. The fourth-order valence-electron chi connectivity index (χ4n) is 2.56. The summed E-state index contributed by atoms with van der Waals surface area (Å²) in [6.07, 6.45) is 0.0513. The smallest absolute Gasteiger partial charge is 0.251 e. The van der Waals surface area contributed by atoms with Crippen molar-refractivity contribution in [2.75, 3.05) is 5.32 Å². The second kappa shape index (κ2) is 8.68. The van der Waals surface area contributed by atoms with Crippen molar-refractivity contribution in [1.29, 1.82) is 0 Å². The van der Waals surface area contributed by atoms with Crippen molar-refractivity contribution in [2.45, 2.75) is 31.2 Å². The SMILES string of the molecule is Cc1ccc(NC(=O)Cc2cc(=O)[nH]c(SCc3ccccc3)n2)cc1C. The summed E-state index contributed by atoms with van der Waals surface area (Å²) in [5.41, 5.74) is 4.37. The minimum absolute atomic E-state index is 0.0513. The maximum absolute atomic E-state index is 12.3. The van der Waals surface area contributed by atoms with Crippen LogP contribution >= 0.6 is 11.8 Å².